The highest BCUT2D eigenvalue weighted by Crippen LogP contribution is 2.64. The van der Waals surface area contributed by atoms with Crippen LogP contribution in [0.1, 0.15) is 72.6 Å². The molecule has 4 fully saturated rings. The van der Waals surface area contributed by atoms with Crippen molar-refractivity contribution in [3.8, 4) is 0 Å². The highest BCUT2D eigenvalue weighted by Gasteiger charge is 2.59. The summed E-state index contributed by atoms with van der Waals surface area (Å²) in [7, 11) is -3.34. The quantitative estimate of drug-likeness (QED) is 0.681. The van der Waals surface area contributed by atoms with Crippen LogP contribution in [0.3, 0.4) is 0 Å². The van der Waals surface area contributed by atoms with E-state index in [0.29, 0.717) is 6.42 Å². The fourth-order valence-electron chi connectivity index (χ4n) is 5.94. The first-order chi connectivity index (χ1) is 11.9. The third-order valence-electron chi connectivity index (χ3n) is 7.66. The van der Waals surface area contributed by atoms with E-state index in [1.807, 2.05) is 6.92 Å². The molecule has 0 spiro atoms. The summed E-state index contributed by atoms with van der Waals surface area (Å²) in [5.74, 6) is 2.10. The normalized spacial score (nSPS) is 36.0. The highest BCUT2D eigenvalue weighted by molar-refractivity contribution is 7.88. The Kier molecular flexibility index (Phi) is 5.01. The lowest BCUT2D eigenvalue weighted by molar-refractivity contribution is -0.206. The van der Waals surface area contributed by atoms with Crippen LogP contribution in [-0.4, -0.2) is 32.8 Å². The lowest BCUT2D eigenvalue weighted by atomic mass is 9.46. The van der Waals surface area contributed by atoms with Crippen LogP contribution >= 0.6 is 0 Å². The van der Waals surface area contributed by atoms with Crippen LogP contribution < -0.4 is 4.72 Å². The summed E-state index contributed by atoms with van der Waals surface area (Å²) in [6, 6.07) is 0. The molecule has 0 aromatic rings. The zero-order valence-corrected chi connectivity index (χ0v) is 17.7. The fraction of sp³-hybridized carbons (Fsp3) is 0.950. The third-order valence-corrected chi connectivity index (χ3v) is 8.33. The Hall–Kier alpha value is -0.620. The summed E-state index contributed by atoms with van der Waals surface area (Å²) in [4.78, 5) is 13.1. The lowest BCUT2D eigenvalue weighted by Crippen LogP contribution is -2.58. The number of hydrogen-bond acceptors (Lipinski definition) is 4. The van der Waals surface area contributed by atoms with Gasteiger partial charge in [0, 0.05) is 12.0 Å². The fourth-order valence-corrected chi connectivity index (χ4v) is 6.52. The zero-order valence-electron chi connectivity index (χ0n) is 16.9. The van der Waals surface area contributed by atoms with Crippen molar-refractivity contribution < 1.29 is 17.9 Å². The number of ether oxygens (including phenoxy) is 1. The molecule has 1 unspecified atom stereocenters. The summed E-state index contributed by atoms with van der Waals surface area (Å²) < 4.78 is 31.6. The van der Waals surface area contributed by atoms with Crippen molar-refractivity contribution in [2.24, 2.45) is 28.6 Å². The smallest absolute Gasteiger partial charge is 0.313 e. The Morgan fingerprint density at radius 3 is 1.92 bits per heavy atom. The first-order valence-electron chi connectivity index (χ1n) is 10.1. The Bertz CT molecular complexity index is 634. The average molecular weight is 386 g/mol. The lowest BCUT2D eigenvalue weighted by Gasteiger charge is -2.61. The molecular formula is C20H35NO4S. The molecule has 26 heavy (non-hydrogen) atoms. The van der Waals surface area contributed by atoms with Crippen LogP contribution in [-0.2, 0) is 19.6 Å². The molecule has 150 valence electrons. The van der Waals surface area contributed by atoms with Crippen molar-refractivity contribution in [2.75, 3.05) is 12.8 Å². The molecule has 4 rings (SSSR count). The molecule has 1 N–H and O–H groups in total. The second-order valence-electron chi connectivity index (χ2n) is 10.1. The Balaban J connectivity index is 1.74. The summed E-state index contributed by atoms with van der Waals surface area (Å²) in [5.41, 5.74) is -1.26. The average Bonchev–Trinajstić information content (AvgIpc) is 2.50. The van der Waals surface area contributed by atoms with Crippen LogP contribution in [0.25, 0.3) is 0 Å². The number of esters is 1. The van der Waals surface area contributed by atoms with Crippen LogP contribution in [0.15, 0.2) is 0 Å². The van der Waals surface area contributed by atoms with Gasteiger partial charge in [0.2, 0.25) is 10.0 Å². The van der Waals surface area contributed by atoms with Crippen molar-refractivity contribution in [1.82, 2.24) is 4.72 Å². The predicted octanol–water partition coefficient (Wildman–Crippen LogP) is 3.49. The first kappa shape index (κ1) is 20.1. The van der Waals surface area contributed by atoms with Crippen LogP contribution in [0.2, 0.25) is 0 Å². The van der Waals surface area contributed by atoms with Gasteiger partial charge in [0.1, 0.15) is 5.60 Å². The van der Waals surface area contributed by atoms with E-state index in [1.165, 1.54) is 38.5 Å². The molecule has 0 aliphatic heterocycles. The maximum Gasteiger partial charge on any atom is 0.313 e. The molecular weight excluding hydrogens is 350 g/mol. The van der Waals surface area contributed by atoms with Crippen molar-refractivity contribution in [3.63, 3.8) is 0 Å². The van der Waals surface area contributed by atoms with E-state index < -0.39 is 21.0 Å². The number of hydrogen-bond donors (Lipinski definition) is 1. The third kappa shape index (κ3) is 3.68. The molecule has 5 nitrogen and oxygen atoms in total. The van der Waals surface area contributed by atoms with Crippen molar-refractivity contribution >= 4 is 16.0 Å². The number of rotatable bonds is 7. The van der Waals surface area contributed by atoms with Gasteiger partial charge in [0.25, 0.3) is 0 Å². The number of carbonyl (C=O) groups is 1. The van der Waals surface area contributed by atoms with Crippen LogP contribution in [0.5, 0.6) is 0 Å². The molecule has 0 saturated heterocycles. The van der Waals surface area contributed by atoms with Gasteiger partial charge in [-0.05, 0) is 83.5 Å². The topological polar surface area (TPSA) is 72.5 Å². The van der Waals surface area contributed by atoms with Crippen LogP contribution in [0.4, 0.5) is 0 Å². The molecule has 4 aliphatic carbocycles. The van der Waals surface area contributed by atoms with Crippen molar-refractivity contribution in [1.29, 1.82) is 0 Å². The molecule has 0 heterocycles. The van der Waals surface area contributed by atoms with Gasteiger partial charge in [-0.1, -0.05) is 6.92 Å². The van der Waals surface area contributed by atoms with Gasteiger partial charge in [-0.3, -0.25) is 4.79 Å². The highest BCUT2D eigenvalue weighted by atomic mass is 32.2. The van der Waals surface area contributed by atoms with E-state index in [0.717, 1.165) is 24.0 Å². The second-order valence-corrected chi connectivity index (χ2v) is 11.9. The summed E-state index contributed by atoms with van der Waals surface area (Å²) >= 11 is 0. The summed E-state index contributed by atoms with van der Waals surface area (Å²) in [6.45, 7) is 7.95. The van der Waals surface area contributed by atoms with Crippen molar-refractivity contribution in [3.05, 3.63) is 0 Å². The molecule has 0 aromatic carbocycles. The minimum atomic E-state index is -3.34. The summed E-state index contributed by atoms with van der Waals surface area (Å²) in [6.07, 6.45) is 9.23. The largest absolute Gasteiger partial charge is 0.459 e. The standard InChI is InChI=1S/C20H35NO4S/c1-6-19(4,13-21-26(5,23)24)17(22)25-18(2,3)20-10-14-7-15(11-20)9-16(8-14)12-20/h14-16,21H,6-13H2,1-5H3. The predicted molar refractivity (Wildman–Crippen MR) is 102 cm³/mol. The van der Waals surface area contributed by atoms with E-state index in [4.69, 9.17) is 4.74 Å². The molecule has 4 saturated carbocycles. The maximum atomic E-state index is 13.1. The van der Waals surface area contributed by atoms with E-state index in [-0.39, 0.29) is 17.9 Å². The van der Waals surface area contributed by atoms with E-state index >= 15 is 0 Å². The summed E-state index contributed by atoms with van der Waals surface area (Å²) in [5, 5.41) is 0. The van der Waals surface area contributed by atoms with Crippen LogP contribution in [0, 0.1) is 28.6 Å². The van der Waals surface area contributed by atoms with Gasteiger partial charge in [-0.25, -0.2) is 13.1 Å². The maximum absolute atomic E-state index is 13.1. The molecule has 0 amide bonds. The van der Waals surface area contributed by atoms with Gasteiger partial charge < -0.3 is 4.74 Å². The monoisotopic (exact) mass is 385 g/mol. The molecule has 4 aliphatic rings. The van der Waals surface area contributed by atoms with E-state index in [1.54, 1.807) is 6.92 Å². The molecule has 1 atom stereocenters. The Morgan fingerprint density at radius 1 is 1.08 bits per heavy atom. The SMILES string of the molecule is CCC(C)(CNS(C)(=O)=O)C(=O)OC(C)(C)C12CC3CC(CC(C3)C1)C2. The number of sulfonamides is 1. The molecule has 0 aromatic heterocycles. The first-order valence-corrected chi connectivity index (χ1v) is 12.0. The van der Waals surface area contributed by atoms with Gasteiger partial charge >= 0.3 is 5.97 Å². The zero-order chi connectivity index (χ0) is 19.4. The van der Waals surface area contributed by atoms with Gasteiger partial charge in [-0.2, -0.15) is 0 Å². The molecule has 6 heteroatoms. The van der Waals surface area contributed by atoms with Gasteiger partial charge in [-0.15, -0.1) is 0 Å². The minimum absolute atomic E-state index is 0.0815. The van der Waals surface area contributed by atoms with E-state index in [2.05, 4.69) is 18.6 Å². The molecule has 4 bridgehead atoms. The second kappa shape index (κ2) is 6.47. The number of nitrogens with one attached hydrogen (secondary N) is 1. The van der Waals surface area contributed by atoms with Gasteiger partial charge in [0.05, 0.1) is 11.7 Å². The Morgan fingerprint density at radius 2 is 1.54 bits per heavy atom. The minimum Gasteiger partial charge on any atom is -0.459 e. The van der Waals surface area contributed by atoms with Gasteiger partial charge in [0.15, 0.2) is 0 Å². The van der Waals surface area contributed by atoms with E-state index in [9.17, 15) is 13.2 Å². The number of carbonyl (C=O) groups excluding carboxylic acids is 1. The molecule has 0 radical (unpaired) electrons. The van der Waals surface area contributed by atoms with Crippen molar-refractivity contribution in [2.45, 2.75) is 78.2 Å². The Labute approximate surface area is 158 Å².